The lowest BCUT2D eigenvalue weighted by molar-refractivity contribution is 0.00743. The third-order valence-electron chi connectivity index (χ3n) is 2.44. The van der Waals surface area contributed by atoms with Crippen LogP contribution in [0.2, 0.25) is 0 Å². The summed E-state index contributed by atoms with van der Waals surface area (Å²) in [6.45, 7) is 1.50. The minimum atomic E-state index is 0.154. The predicted molar refractivity (Wildman–Crippen MR) is 56.3 cm³/mol. The molecule has 3 heteroatoms. The molecule has 1 heterocycles. The Labute approximate surface area is 89.0 Å². The molecule has 2 rings (SSSR count). The maximum absolute atomic E-state index is 10.4. The van der Waals surface area contributed by atoms with Crippen LogP contribution in [-0.4, -0.2) is 25.6 Å². The molecule has 0 spiro atoms. The highest BCUT2D eigenvalue weighted by molar-refractivity contribution is 5.74. The summed E-state index contributed by atoms with van der Waals surface area (Å²) in [6.07, 6.45) is 3.07. The maximum atomic E-state index is 10.4. The summed E-state index contributed by atoms with van der Waals surface area (Å²) in [7, 11) is 0. The molecule has 1 aliphatic heterocycles. The lowest BCUT2D eigenvalue weighted by Gasteiger charge is -2.23. The topological polar surface area (TPSA) is 35.5 Å². The second-order valence-electron chi connectivity index (χ2n) is 3.64. The molecule has 0 amide bonds. The lowest BCUT2D eigenvalue weighted by Crippen LogP contribution is -2.27. The highest BCUT2D eigenvalue weighted by Crippen LogP contribution is 2.17. The lowest BCUT2D eigenvalue weighted by atomic mass is 10.1. The Kier molecular flexibility index (Phi) is 3.35. The van der Waals surface area contributed by atoms with Gasteiger partial charge >= 0.3 is 0 Å². The fourth-order valence-electron chi connectivity index (χ4n) is 1.62. The average molecular weight is 206 g/mol. The SMILES string of the molecule is O=Cc1ccc(OC2CCCOC2)cc1. The Balaban J connectivity index is 1.94. The van der Waals surface area contributed by atoms with Crippen molar-refractivity contribution in [3.8, 4) is 5.75 Å². The molecule has 0 radical (unpaired) electrons. The molecule has 0 bridgehead atoms. The van der Waals surface area contributed by atoms with Crippen molar-refractivity contribution in [3.05, 3.63) is 29.8 Å². The highest BCUT2D eigenvalue weighted by Gasteiger charge is 2.14. The molecule has 1 atom stereocenters. The van der Waals surface area contributed by atoms with Crippen LogP contribution in [-0.2, 0) is 4.74 Å². The number of carbonyl (C=O) groups excluding carboxylic acids is 1. The Hall–Kier alpha value is -1.35. The standard InChI is InChI=1S/C12H14O3/c13-8-10-3-5-11(6-4-10)15-12-2-1-7-14-9-12/h3-6,8,12H,1-2,7,9H2. The molecule has 15 heavy (non-hydrogen) atoms. The van der Waals surface area contributed by atoms with Crippen molar-refractivity contribution in [1.82, 2.24) is 0 Å². The van der Waals surface area contributed by atoms with Gasteiger partial charge in [-0.1, -0.05) is 0 Å². The van der Waals surface area contributed by atoms with Crippen molar-refractivity contribution in [2.24, 2.45) is 0 Å². The van der Waals surface area contributed by atoms with Gasteiger partial charge in [-0.15, -0.1) is 0 Å². The molecule has 1 saturated heterocycles. The van der Waals surface area contributed by atoms with Crippen LogP contribution in [0.3, 0.4) is 0 Å². The Morgan fingerprint density at radius 3 is 2.73 bits per heavy atom. The van der Waals surface area contributed by atoms with E-state index < -0.39 is 0 Å². The molecule has 1 unspecified atom stereocenters. The van der Waals surface area contributed by atoms with E-state index in [0.29, 0.717) is 12.2 Å². The Morgan fingerprint density at radius 1 is 1.33 bits per heavy atom. The molecular weight excluding hydrogens is 192 g/mol. The van der Waals surface area contributed by atoms with Gasteiger partial charge in [-0.2, -0.15) is 0 Å². The van der Waals surface area contributed by atoms with Crippen LogP contribution in [0.25, 0.3) is 0 Å². The van der Waals surface area contributed by atoms with Crippen LogP contribution < -0.4 is 4.74 Å². The summed E-state index contributed by atoms with van der Waals surface area (Å²) in [6, 6.07) is 7.15. The summed E-state index contributed by atoms with van der Waals surface area (Å²) < 4.78 is 11.0. The van der Waals surface area contributed by atoms with Crippen molar-refractivity contribution >= 4 is 6.29 Å². The van der Waals surface area contributed by atoms with Crippen LogP contribution >= 0.6 is 0 Å². The van der Waals surface area contributed by atoms with Crippen LogP contribution in [0, 0.1) is 0 Å². The summed E-state index contributed by atoms with van der Waals surface area (Å²) in [5.41, 5.74) is 0.669. The van der Waals surface area contributed by atoms with E-state index in [0.717, 1.165) is 31.5 Å². The first-order valence-electron chi connectivity index (χ1n) is 5.18. The molecule has 0 aromatic heterocycles. The molecular formula is C12H14O3. The summed E-state index contributed by atoms with van der Waals surface area (Å²) in [5.74, 6) is 0.802. The zero-order valence-corrected chi connectivity index (χ0v) is 8.52. The Bertz CT molecular complexity index is 312. The average Bonchev–Trinajstić information content (AvgIpc) is 2.31. The van der Waals surface area contributed by atoms with Crippen molar-refractivity contribution in [3.63, 3.8) is 0 Å². The second kappa shape index (κ2) is 4.94. The first-order valence-corrected chi connectivity index (χ1v) is 5.18. The summed E-state index contributed by atoms with van der Waals surface area (Å²) in [4.78, 5) is 10.4. The monoisotopic (exact) mass is 206 g/mol. The zero-order valence-electron chi connectivity index (χ0n) is 8.52. The van der Waals surface area contributed by atoms with Gasteiger partial charge in [-0.25, -0.2) is 0 Å². The fraction of sp³-hybridized carbons (Fsp3) is 0.417. The van der Waals surface area contributed by atoms with Crippen molar-refractivity contribution in [2.75, 3.05) is 13.2 Å². The number of hydrogen-bond donors (Lipinski definition) is 0. The van der Waals surface area contributed by atoms with Gasteiger partial charge in [0, 0.05) is 12.2 Å². The van der Waals surface area contributed by atoms with Gasteiger partial charge in [0.05, 0.1) is 6.61 Å². The van der Waals surface area contributed by atoms with Crippen LogP contribution in [0.15, 0.2) is 24.3 Å². The van der Waals surface area contributed by atoms with Gasteiger partial charge in [-0.3, -0.25) is 4.79 Å². The Morgan fingerprint density at radius 2 is 2.13 bits per heavy atom. The zero-order chi connectivity index (χ0) is 10.5. The number of ether oxygens (including phenoxy) is 2. The fourth-order valence-corrected chi connectivity index (χ4v) is 1.62. The molecule has 80 valence electrons. The van der Waals surface area contributed by atoms with Crippen molar-refractivity contribution < 1.29 is 14.3 Å². The van der Waals surface area contributed by atoms with E-state index in [-0.39, 0.29) is 6.10 Å². The van der Waals surface area contributed by atoms with E-state index in [2.05, 4.69) is 0 Å². The smallest absolute Gasteiger partial charge is 0.150 e. The van der Waals surface area contributed by atoms with Crippen molar-refractivity contribution in [2.45, 2.75) is 18.9 Å². The summed E-state index contributed by atoms with van der Waals surface area (Å²) in [5, 5.41) is 0. The molecule has 0 saturated carbocycles. The predicted octanol–water partition coefficient (Wildman–Crippen LogP) is 2.06. The van der Waals surface area contributed by atoms with E-state index in [1.54, 1.807) is 12.1 Å². The first kappa shape index (κ1) is 10.2. The minimum absolute atomic E-state index is 0.154. The molecule has 0 aliphatic carbocycles. The molecule has 3 nitrogen and oxygen atoms in total. The molecule has 1 aliphatic rings. The third-order valence-corrected chi connectivity index (χ3v) is 2.44. The molecule has 1 aromatic rings. The van der Waals surface area contributed by atoms with Gasteiger partial charge in [0.15, 0.2) is 0 Å². The molecule has 1 aromatic carbocycles. The maximum Gasteiger partial charge on any atom is 0.150 e. The molecule has 1 fully saturated rings. The largest absolute Gasteiger partial charge is 0.488 e. The number of aldehydes is 1. The van der Waals surface area contributed by atoms with Gasteiger partial charge in [-0.05, 0) is 37.1 Å². The second-order valence-corrected chi connectivity index (χ2v) is 3.64. The van der Waals surface area contributed by atoms with E-state index in [1.165, 1.54) is 0 Å². The number of rotatable bonds is 3. The summed E-state index contributed by atoms with van der Waals surface area (Å²) >= 11 is 0. The number of carbonyl (C=O) groups is 1. The number of hydrogen-bond acceptors (Lipinski definition) is 3. The minimum Gasteiger partial charge on any atom is -0.488 e. The normalized spacial score (nSPS) is 20.9. The van der Waals surface area contributed by atoms with E-state index in [1.807, 2.05) is 12.1 Å². The van der Waals surface area contributed by atoms with Crippen molar-refractivity contribution in [1.29, 1.82) is 0 Å². The highest BCUT2D eigenvalue weighted by atomic mass is 16.5. The van der Waals surface area contributed by atoms with Crippen LogP contribution in [0.1, 0.15) is 23.2 Å². The van der Waals surface area contributed by atoms with E-state index >= 15 is 0 Å². The van der Waals surface area contributed by atoms with Gasteiger partial charge in [0.1, 0.15) is 18.1 Å². The van der Waals surface area contributed by atoms with Crippen LogP contribution in [0.4, 0.5) is 0 Å². The number of benzene rings is 1. The van der Waals surface area contributed by atoms with E-state index in [4.69, 9.17) is 9.47 Å². The third kappa shape index (κ3) is 2.80. The quantitative estimate of drug-likeness (QED) is 0.710. The first-order chi connectivity index (χ1) is 7.38. The van der Waals surface area contributed by atoms with Gasteiger partial charge < -0.3 is 9.47 Å². The van der Waals surface area contributed by atoms with Crippen LogP contribution in [0.5, 0.6) is 5.75 Å². The molecule has 0 N–H and O–H groups in total. The van der Waals surface area contributed by atoms with E-state index in [9.17, 15) is 4.79 Å². The van der Waals surface area contributed by atoms with Gasteiger partial charge in [0.25, 0.3) is 0 Å². The van der Waals surface area contributed by atoms with Gasteiger partial charge in [0.2, 0.25) is 0 Å².